The molecule has 0 radical (unpaired) electrons. The minimum absolute atomic E-state index is 0.176. The number of nitrogens with one attached hydrogen (secondary N) is 1. The molecular weight excluding hydrogens is 697 g/mol. The largest absolute Gasteiger partial charge is 0.342 e. The lowest BCUT2D eigenvalue weighted by atomic mass is 9.77. The van der Waals surface area contributed by atoms with Crippen LogP contribution in [0.2, 0.25) is 5.02 Å². The lowest BCUT2D eigenvalue weighted by Gasteiger charge is -2.36. The van der Waals surface area contributed by atoms with E-state index in [-0.39, 0.29) is 11.3 Å². The number of halogens is 2. The first kappa shape index (κ1) is 34.4. The zero-order chi connectivity index (χ0) is 37.2. The fourth-order valence-corrected chi connectivity index (χ4v) is 7.24. The Bertz CT molecular complexity index is 2530. The predicted molar refractivity (Wildman–Crippen MR) is 209 cm³/mol. The molecule has 0 unspecified atom stereocenters. The van der Waals surface area contributed by atoms with Crippen LogP contribution in [-0.2, 0) is 5.54 Å². The Kier molecular flexibility index (Phi) is 9.19. The number of pyridine rings is 1. The van der Waals surface area contributed by atoms with E-state index in [4.69, 9.17) is 16.7 Å². The number of ketones is 1. The van der Waals surface area contributed by atoms with Gasteiger partial charge in [-0.05, 0) is 60.0 Å². The molecule has 54 heavy (non-hydrogen) atoms. The number of Topliss-reactive ketones (excluding diaryl/α,β-unsaturated/α-hetero) is 1. The molecule has 3 heterocycles. The van der Waals surface area contributed by atoms with Crippen molar-refractivity contribution in [2.24, 2.45) is 0 Å². The average Bonchev–Trinajstić information content (AvgIpc) is 3.87. The molecular formula is C45H33ClFN5O2. The first-order valence-electron chi connectivity index (χ1n) is 17.4. The highest BCUT2D eigenvalue weighted by molar-refractivity contribution is 6.31. The van der Waals surface area contributed by atoms with Gasteiger partial charge in [0.05, 0.1) is 29.7 Å². The molecule has 0 aliphatic rings. The summed E-state index contributed by atoms with van der Waals surface area (Å²) in [5.74, 6) is -1.75. The molecule has 8 rings (SSSR count). The number of benzene rings is 5. The van der Waals surface area contributed by atoms with Crippen LogP contribution >= 0.6 is 11.6 Å². The second-order valence-corrected chi connectivity index (χ2v) is 13.5. The molecule has 0 saturated heterocycles. The van der Waals surface area contributed by atoms with E-state index >= 15 is 4.39 Å². The van der Waals surface area contributed by atoms with Crippen molar-refractivity contribution in [3.05, 3.63) is 209 Å². The van der Waals surface area contributed by atoms with Crippen LogP contribution in [0.1, 0.15) is 44.3 Å². The number of hydrogen-bond donors (Lipinski definition) is 1. The molecule has 9 heteroatoms. The van der Waals surface area contributed by atoms with E-state index in [9.17, 15) is 9.59 Å². The molecule has 0 aliphatic carbocycles. The van der Waals surface area contributed by atoms with Crippen molar-refractivity contribution in [2.75, 3.05) is 0 Å². The van der Waals surface area contributed by atoms with Gasteiger partial charge in [0.25, 0.3) is 5.91 Å². The van der Waals surface area contributed by atoms with Gasteiger partial charge in [-0.25, -0.2) is 9.37 Å². The lowest BCUT2D eigenvalue weighted by Crippen LogP contribution is -2.38. The molecule has 1 N–H and O–H groups in total. The summed E-state index contributed by atoms with van der Waals surface area (Å²) in [5, 5.41) is 8.03. The number of hydrogen-bond acceptors (Lipinski definition) is 4. The molecule has 0 aliphatic heterocycles. The van der Waals surface area contributed by atoms with Crippen LogP contribution in [-0.4, -0.2) is 36.9 Å². The molecule has 0 bridgehead atoms. The maximum atomic E-state index is 15.6. The van der Waals surface area contributed by atoms with Gasteiger partial charge in [0.1, 0.15) is 17.0 Å². The maximum Gasteiger partial charge on any atom is 0.254 e. The Labute approximate surface area is 316 Å². The van der Waals surface area contributed by atoms with Gasteiger partial charge in [-0.15, -0.1) is 0 Å². The third-order valence-corrected chi connectivity index (χ3v) is 9.93. The number of aromatic nitrogens is 4. The summed E-state index contributed by atoms with van der Waals surface area (Å²) < 4.78 is 19.5. The van der Waals surface area contributed by atoms with Gasteiger partial charge < -0.3 is 5.32 Å². The number of nitrogens with zero attached hydrogens (tertiary/aromatic N) is 4. The first-order valence-corrected chi connectivity index (χ1v) is 17.8. The van der Waals surface area contributed by atoms with E-state index in [0.717, 1.165) is 27.8 Å². The van der Waals surface area contributed by atoms with Crippen LogP contribution in [0, 0.1) is 5.82 Å². The van der Waals surface area contributed by atoms with Crippen molar-refractivity contribution in [2.45, 2.75) is 18.5 Å². The Morgan fingerprint density at radius 2 is 1.33 bits per heavy atom. The summed E-state index contributed by atoms with van der Waals surface area (Å²) in [6.07, 6.45) is 7.53. The van der Waals surface area contributed by atoms with E-state index < -0.39 is 23.3 Å². The SMILES string of the molecule is C[C@H](NC(=O)c1ccc(-c2cnc3ccc(-c4cnn(C(c5ccccc5)(c5ccccc5)c5ccccc5)c4)cn23)cc1F)C(=O)c1cccc(Cl)c1. The Balaban J connectivity index is 1.12. The van der Waals surface area contributed by atoms with Crippen LogP contribution in [0.3, 0.4) is 0 Å². The minimum atomic E-state index is -0.894. The van der Waals surface area contributed by atoms with Crippen LogP contribution in [0.4, 0.5) is 4.39 Å². The van der Waals surface area contributed by atoms with Crippen LogP contribution < -0.4 is 5.32 Å². The molecule has 0 spiro atoms. The Morgan fingerprint density at radius 3 is 1.94 bits per heavy atom. The lowest BCUT2D eigenvalue weighted by molar-refractivity contribution is 0.0863. The number of imidazole rings is 1. The number of fused-ring (bicyclic) bond motifs is 1. The number of carbonyl (C=O) groups is 2. The standard InChI is InChI=1S/C45H33ClFN5O2/c1-30(43(53)32-12-11-19-38(46)24-32)50-44(54)39-22-20-31(25-40(39)47)41-27-48-42-23-21-33(28-51(41)42)34-26-49-52(29-34)45(35-13-5-2-6-14-35,36-15-7-3-8-16-36)37-17-9-4-10-18-37/h2-30H,1H3,(H,50,54)/t30-/m0/s1. The maximum absolute atomic E-state index is 15.6. The smallest absolute Gasteiger partial charge is 0.254 e. The summed E-state index contributed by atoms with van der Waals surface area (Å²) in [6.45, 7) is 1.55. The Morgan fingerprint density at radius 1 is 0.704 bits per heavy atom. The normalized spacial score (nSPS) is 12.1. The van der Waals surface area contributed by atoms with Crippen LogP contribution in [0.25, 0.3) is 28.0 Å². The van der Waals surface area contributed by atoms with E-state index in [1.54, 1.807) is 37.4 Å². The minimum Gasteiger partial charge on any atom is -0.342 e. The van der Waals surface area contributed by atoms with E-state index in [0.29, 0.717) is 27.5 Å². The summed E-state index contributed by atoms with van der Waals surface area (Å²) in [6, 6.07) is 44.9. The molecule has 0 saturated carbocycles. The Hall–Kier alpha value is -6.64. The zero-order valence-corrected chi connectivity index (χ0v) is 29.9. The fraction of sp³-hybridized carbons (Fsp3) is 0.0667. The monoisotopic (exact) mass is 729 g/mol. The molecule has 5 aromatic carbocycles. The van der Waals surface area contributed by atoms with E-state index in [1.165, 1.54) is 18.2 Å². The van der Waals surface area contributed by atoms with Crippen LogP contribution in [0.5, 0.6) is 0 Å². The van der Waals surface area contributed by atoms with Gasteiger partial charge in [0, 0.05) is 39.7 Å². The molecule has 8 aromatic rings. The van der Waals surface area contributed by atoms with Gasteiger partial charge in [-0.1, -0.05) is 121 Å². The summed E-state index contributed by atoms with van der Waals surface area (Å²) in [5.41, 5.74) is 6.20. The van der Waals surface area contributed by atoms with Gasteiger partial charge in [-0.2, -0.15) is 5.10 Å². The van der Waals surface area contributed by atoms with Crippen molar-refractivity contribution in [3.63, 3.8) is 0 Å². The molecule has 264 valence electrons. The highest BCUT2D eigenvalue weighted by atomic mass is 35.5. The van der Waals surface area contributed by atoms with Crippen molar-refractivity contribution in [1.82, 2.24) is 24.5 Å². The summed E-state index contributed by atoms with van der Waals surface area (Å²) in [4.78, 5) is 30.5. The highest BCUT2D eigenvalue weighted by Gasteiger charge is 2.39. The highest BCUT2D eigenvalue weighted by Crippen LogP contribution is 2.41. The van der Waals surface area contributed by atoms with Gasteiger partial charge >= 0.3 is 0 Å². The van der Waals surface area contributed by atoms with Crippen LogP contribution in [0.15, 0.2) is 170 Å². The fourth-order valence-electron chi connectivity index (χ4n) is 7.05. The predicted octanol–water partition coefficient (Wildman–Crippen LogP) is 9.50. The zero-order valence-electron chi connectivity index (χ0n) is 29.1. The van der Waals surface area contributed by atoms with Crippen molar-refractivity contribution in [3.8, 4) is 22.4 Å². The molecule has 7 nitrogen and oxygen atoms in total. The van der Waals surface area contributed by atoms with Crippen molar-refractivity contribution >= 4 is 28.9 Å². The second kappa shape index (κ2) is 14.4. The van der Waals surface area contributed by atoms with Gasteiger partial charge in [-0.3, -0.25) is 18.7 Å². The van der Waals surface area contributed by atoms with E-state index in [2.05, 4.69) is 52.9 Å². The number of carbonyl (C=O) groups excluding carboxylic acids is 2. The molecule has 0 fully saturated rings. The topological polar surface area (TPSA) is 81.3 Å². The van der Waals surface area contributed by atoms with Crippen molar-refractivity contribution in [1.29, 1.82) is 0 Å². The first-order chi connectivity index (χ1) is 26.3. The summed E-state index contributed by atoms with van der Waals surface area (Å²) in [7, 11) is 0. The quantitative estimate of drug-likeness (QED) is 0.112. The van der Waals surface area contributed by atoms with Gasteiger partial charge in [0.2, 0.25) is 0 Å². The van der Waals surface area contributed by atoms with Crippen molar-refractivity contribution < 1.29 is 14.0 Å². The number of rotatable bonds is 10. The summed E-state index contributed by atoms with van der Waals surface area (Å²) >= 11 is 6.03. The second-order valence-electron chi connectivity index (χ2n) is 13.0. The molecule has 1 atom stereocenters. The number of amides is 1. The third kappa shape index (κ3) is 6.27. The van der Waals surface area contributed by atoms with Gasteiger partial charge in [0.15, 0.2) is 5.78 Å². The third-order valence-electron chi connectivity index (χ3n) is 9.70. The molecule has 3 aromatic heterocycles. The molecule has 1 amide bonds. The van der Waals surface area contributed by atoms with E-state index in [1.807, 2.05) is 88.2 Å². The average molecular weight is 730 g/mol.